The van der Waals surface area contributed by atoms with Crippen molar-refractivity contribution in [2.45, 2.75) is 51.0 Å². The third kappa shape index (κ3) is 2.76. The fourth-order valence-electron chi connectivity index (χ4n) is 4.84. The number of fused-ring (bicyclic) bond motifs is 1. The zero-order valence-electron chi connectivity index (χ0n) is 16.0. The molecule has 0 aliphatic carbocycles. The van der Waals surface area contributed by atoms with E-state index in [4.69, 9.17) is 4.74 Å². The van der Waals surface area contributed by atoms with E-state index >= 15 is 0 Å². The van der Waals surface area contributed by atoms with Gasteiger partial charge in [0.25, 0.3) is 0 Å². The van der Waals surface area contributed by atoms with Crippen LogP contribution in [0.4, 0.5) is 0 Å². The van der Waals surface area contributed by atoms with Crippen molar-refractivity contribution in [3.05, 3.63) is 36.4 Å². The highest BCUT2D eigenvalue weighted by atomic mass is 16.5. The third-order valence-corrected chi connectivity index (χ3v) is 6.19. The van der Waals surface area contributed by atoms with Crippen molar-refractivity contribution in [2.24, 2.45) is 11.8 Å². The molecule has 3 aliphatic rings. The summed E-state index contributed by atoms with van der Waals surface area (Å²) in [4.78, 5) is 38.3. The van der Waals surface area contributed by atoms with E-state index in [9.17, 15) is 9.59 Å². The summed E-state index contributed by atoms with van der Waals surface area (Å²) in [5.41, 5.74) is 0.0806. The molecule has 0 radical (unpaired) electrons. The van der Waals surface area contributed by atoms with Gasteiger partial charge in [-0.05, 0) is 12.8 Å². The molecular weight excluding hydrogens is 344 g/mol. The summed E-state index contributed by atoms with van der Waals surface area (Å²) in [5, 5.41) is 0. The van der Waals surface area contributed by atoms with Crippen LogP contribution in [0.25, 0.3) is 0 Å². The fraction of sp³-hybridized carbons (Fsp3) is 0.600. The maximum Gasteiger partial charge on any atom is 0.230 e. The van der Waals surface area contributed by atoms with Crippen LogP contribution in [0.5, 0.6) is 0 Å². The lowest BCUT2D eigenvalue weighted by molar-refractivity contribution is -0.143. The minimum Gasteiger partial charge on any atom is -0.360 e. The van der Waals surface area contributed by atoms with Gasteiger partial charge in [0.2, 0.25) is 11.8 Å². The summed E-state index contributed by atoms with van der Waals surface area (Å²) in [7, 11) is 1.75. The number of carbonyl (C=O) groups excluding carboxylic acids is 2. The Morgan fingerprint density at radius 1 is 1.41 bits per heavy atom. The van der Waals surface area contributed by atoms with E-state index in [1.807, 2.05) is 17.1 Å². The van der Waals surface area contributed by atoms with Gasteiger partial charge < -0.3 is 14.5 Å². The van der Waals surface area contributed by atoms with Crippen LogP contribution in [-0.4, -0.2) is 62.9 Å². The van der Waals surface area contributed by atoms with Crippen molar-refractivity contribution in [1.29, 1.82) is 0 Å². The van der Waals surface area contributed by atoms with Gasteiger partial charge in [-0.1, -0.05) is 26.0 Å². The summed E-state index contributed by atoms with van der Waals surface area (Å²) in [5.74, 6) is -0.906. The average molecular weight is 370 g/mol. The topological polar surface area (TPSA) is 75.6 Å². The number of hydrogen-bond acceptors (Lipinski definition) is 5. The molecular formula is C20H26N4O3. The van der Waals surface area contributed by atoms with Gasteiger partial charge in [-0.3, -0.25) is 19.6 Å². The molecule has 2 fully saturated rings. The quantitative estimate of drug-likeness (QED) is 0.708. The van der Waals surface area contributed by atoms with Crippen LogP contribution in [-0.2, 0) is 20.9 Å². The first-order valence-corrected chi connectivity index (χ1v) is 9.68. The number of amides is 2. The van der Waals surface area contributed by atoms with Crippen molar-refractivity contribution >= 4 is 11.8 Å². The maximum atomic E-state index is 13.2. The first kappa shape index (κ1) is 18.1. The van der Waals surface area contributed by atoms with E-state index in [2.05, 4.69) is 23.8 Å². The predicted octanol–water partition coefficient (Wildman–Crippen LogP) is 1.41. The van der Waals surface area contributed by atoms with Crippen LogP contribution in [0.15, 0.2) is 30.7 Å². The molecule has 7 heteroatoms. The van der Waals surface area contributed by atoms with Gasteiger partial charge in [0.05, 0.1) is 42.9 Å². The molecule has 3 aliphatic heterocycles. The van der Waals surface area contributed by atoms with E-state index < -0.39 is 17.4 Å². The van der Waals surface area contributed by atoms with E-state index in [0.29, 0.717) is 13.1 Å². The van der Waals surface area contributed by atoms with Gasteiger partial charge in [-0.2, -0.15) is 0 Å². The minimum atomic E-state index is -0.641. The molecule has 7 nitrogen and oxygen atoms in total. The van der Waals surface area contributed by atoms with Gasteiger partial charge in [0.1, 0.15) is 5.60 Å². The number of carbonyl (C=O) groups is 2. The largest absolute Gasteiger partial charge is 0.360 e. The first-order chi connectivity index (χ1) is 13.0. The van der Waals surface area contributed by atoms with Gasteiger partial charge >= 0.3 is 0 Å². The Morgan fingerprint density at radius 2 is 2.19 bits per heavy atom. The molecule has 1 aromatic rings. The normalized spacial score (nSPS) is 31.0. The van der Waals surface area contributed by atoms with Crippen molar-refractivity contribution in [3.63, 3.8) is 0 Å². The highest BCUT2D eigenvalue weighted by Crippen LogP contribution is 2.52. The van der Waals surface area contributed by atoms with Crippen molar-refractivity contribution in [2.75, 3.05) is 13.6 Å². The smallest absolute Gasteiger partial charge is 0.230 e. The van der Waals surface area contributed by atoms with Gasteiger partial charge in [-0.15, -0.1) is 0 Å². The highest BCUT2D eigenvalue weighted by molar-refractivity contribution is 5.93. The van der Waals surface area contributed by atoms with Crippen LogP contribution < -0.4 is 0 Å². The van der Waals surface area contributed by atoms with E-state index in [0.717, 1.165) is 18.5 Å². The molecule has 0 aromatic carbocycles. The number of rotatable bonds is 6. The van der Waals surface area contributed by atoms with Crippen molar-refractivity contribution in [1.82, 2.24) is 19.8 Å². The molecule has 4 heterocycles. The predicted molar refractivity (Wildman–Crippen MR) is 98.3 cm³/mol. The molecule has 4 atom stereocenters. The molecule has 2 amide bonds. The van der Waals surface area contributed by atoms with E-state index in [1.165, 1.54) is 0 Å². The Hall–Kier alpha value is -2.28. The third-order valence-electron chi connectivity index (χ3n) is 6.19. The first-order valence-electron chi connectivity index (χ1n) is 9.68. The molecule has 0 unspecified atom stereocenters. The van der Waals surface area contributed by atoms with Crippen molar-refractivity contribution in [3.8, 4) is 0 Å². The molecule has 27 heavy (non-hydrogen) atoms. The van der Waals surface area contributed by atoms with Crippen LogP contribution in [0.2, 0.25) is 0 Å². The lowest BCUT2D eigenvalue weighted by Crippen LogP contribution is -2.45. The Balaban J connectivity index is 1.56. The second kappa shape index (κ2) is 6.71. The molecule has 0 N–H and O–H groups in total. The molecule has 144 valence electrons. The van der Waals surface area contributed by atoms with Gasteiger partial charge in [-0.25, -0.2) is 0 Å². The molecule has 4 rings (SSSR count). The van der Waals surface area contributed by atoms with Crippen LogP contribution in [0, 0.1) is 11.8 Å². The zero-order valence-corrected chi connectivity index (χ0v) is 16.0. The number of likely N-dealkylation sites (tertiary alicyclic amines) is 1. The monoisotopic (exact) mass is 370 g/mol. The SMILES string of the molecule is CCC(CC)N1C[C@]23C=C[C@H](O2)[C@@H](C(=O)N(C)Cc2cnccn2)[C@@H]3C1=O. The molecule has 2 bridgehead atoms. The molecule has 1 spiro atoms. The second-order valence-corrected chi connectivity index (χ2v) is 7.73. The number of hydrogen-bond donors (Lipinski definition) is 0. The van der Waals surface area contributed by atoms with Crippen LogP contribution in [0.1, 0.15) is 32.4 Å². The minimum absolute atomic E-state index is 0.0572. The second-order valence-electron chi connectivity index (χ2n) is 7.73. The number of aromatic nitrogens is 2. The summed E-state index contributed by atoms with van der Waals surface area (Å²) in [6.07, 6.45) is 10.3. The Kier molecular flexibility index (Phi) is 4.50. The van der Waals surface area contributed by atoms with Gasteiger partial charge in [0, 0.05) is 25.5 Å². The summed E-state index contributed by atoms with van der Waals surface area (Å²) in [6.45, 7) is 5.11. The van der Waals surface area contributed by atoms with E-state index in [-0.39, 0.29) is 24.0 Å². The number of ether oxygens (including phenoxy) is 1. The fourth-order valence-corrected chi connectivity index (χ4v) is 4.84. The summed E-state index contributed by atoms with van der Waals surface area (Å²) >= 11 is 0. The molecule has 2 saturated heterocycles. The standard InChI is InChI=1S/C20H26N4O3/c1-4-14(5-2)24-12-20-7-6-15(27-20)16(17(20)19(24)26)18(25)23(3)11-13-10-21-8-9-22-13/h6-10,14-17H,4-5,11-12H2,1-3H3/t15-,16+,17+,20-/m0/s1. The summed E-state index contributed by atoms with van der Waals surface area (Å²) in [6, 6.07) is 0.196. The Labute approximate surface area is 159 Å². The van der Waals surface area contributed by atoms with Gasteiger partial charge in [0.15, 0.2) is 0 Å². The van der Waals surface area contributed by atoms with Crippen molar-refractivity contribution < 1.29 is 14.3 Å². The van der Waals surface area contributed by atoms with E-state index in [1.54, 1.807) is 30.5 Å². The molecule has 1 aromatic heterocycles. The number of nitrogens with zero attached hydrogens (tertiary/aromatic N) is 4. The Morgan fingerprint density at radius 3 is 2.85 bits per heavy atom. The lowest BCUT2D eigenvalue weighted by Gasteiger charge is -2.29. The Bertz CT molecular complexity index is 764. The average Bonchev–Trinajstić information content (AvgIpc) is 3.32. The van der Waals surface area contributed by atoms with Crippen LogP contribution >= 0.6 is 0 Å². The summed E-state index contributed by atoms with van der Waals surface area (Å²) < 4.78 is 6.21. The zero-order chi connectivity index (χ0) is 19.2. The molecule has 0 saturated carbocycles. The lowest BCUT2D eigenvalue weighted by atomic mass is 9.76. The van der Waals surface area contributed by atoms with Crippen LogP contribution in [0.3, 0.4) is 0 Å². The maximum absolute atomic E-state index is 13.2. The highest BCUT2D eigenvalue weighted by Gasteiger charge is 2.67.